The maximum Gasteiger partial charge on any atom is 0.418 e. The largest absolute Gasteiger partial charge is 0.418 e. The third kappa shape index (κ3) is 4.03. The van der Waals surface area contributed by atoms with Gasteiger partial charge in [-0.1, -0.05) is 6.92 Å². The van der Waals surface area contributed by atoms with Crippen LogP contribution in [0, 0.1) is 0 Å². The number of benzene rings is 1. The summed E-state index contributed by atoms with van der Waals surface area (Å²) >= 11 is 0. The van der Waals surface area contributed by atoms with E-state index in [4.69, 9.17) is 10.5 Å². The molecule has 1 rings (SSSR count). The fraction of sp³-hybridized carbons (Fsp3) is 0.571. The number of alkyl halides is 3. The van der Waals surface area contributed by atoms with Gasteiger partial charge in [0.15, 0.2) is 0 Å². The molecule has 0 amide bonds. The Morgan fingerprint density at radius 3 is 2.50 bits per heavy atom. The Labute approximate surface area is 117 Å². The van der Waals surface area contributed by atoms with E-state index in [9.17, 15) is 13.2 Å². The van der Waals surface area contributed by atoms with Gasteiger partial charge in [0.05, 0.1) is 12.2 Å². The van der Waals surface area contributed by atoms with Crippen molar-refractivity contribution in [2.24, 2.45) is 0 Å². The molecule has 0 fully saturated rings. The molecule has 114 valence electrons. The first-order valence-corrected chi connectivity index (χ1v) is 6.53. The van der Waals surface area contributed by atoms with Crippen molar-refractivity contribution < 1.29 is 17.9 Å². The number of hydrogen-bond donors (Lipinski definition) is 1. The van der Waals surface area contributed by atoms with Gasteiger partial charge in [0.2, 0.25) is 0 Å². The molecule has 0 saturated carbocycles. The summed E-state index contributed by atoms with van der Waals surface area (Å²) in [6.45, 7) is 4.60. The van der Waals surface area contributed by atoms with Crippen molar-refractivity contribution in [2.45, 2.75) is 32.5 Å². The van der Waals surface area contributed by atoms with Crippen molar-refractivity contribution in [3.63, 3.8) is 0 Å². The molecule has 1 aromatic rings. The van der Waals surface area contributed by atoms with Crippen LogP contribution >= 0.6 is 0 Å². The number of hydrogen-bond acceptors (Lipinski definition) is 3. The van der Waals surface area contributed by atoms with Crippen molar-refractivity contribution in [2.75, 3.05) is 30.9 Å². The highest BCUT2D eigenvalue weighted by Gasteiger charge is 2.35. The summed E-state index contributed by atoms with van der Waals surface area (Å²) in [5.41, 5.74) is 5.05. The number of rotatable bonds is 6. The quantitative estimate of drug-likeness (QED) is 0.814. The van der Waals surface area contributed by atoms with Crippen molar-refractivity contribution in [1.29, 1.82) is 0 Å². The van der Waals surface area contributed by atoms with E-state index in [0.717, 1.165) is 12.5 Å². The molecule has 6 heteroatoms. The van der Waals surface area contributed by atoms with Crippen LogP contribution in [0.2, 0.25) is 0 Å². The summed E-state index contributed by atoms with van der Waals surface area (Å²) in [6.07, 6.45) is -3.69. The first kappa shape index (κ1) is 16.6. The lowest BCUT2D eigenvalue weighted by atomic mass is 10.1. The van der Waals surface area contributed by atoms with Gasteiger partial charge < -0.3 is 15.4 Å². The minimum absolute atomic E-state index is 0.0186. The zero-order valence-corrected chi connectivity index (χ0v) is 12.0. The molecular formula is C14H21F3N2O. The Morgan fingerprint density at radius 2 is 2.00 bits per heavy atom. The number of nitrogens with zero attached hydrogens (tertiary/aromatic N) is 1. The topological polar surface area (TPSA) is 38.5 Å². The predicted molar refractivity (Wildman–Crippen MR) is 74.8 cm³/mol. The van der Waals surface area contributed by atoms with Gasteiger partial charge in [0, 0.05) is 31.1 Å². The standard InChI is InChI=1S/C14H21F3N2O/c1-4-10(2)19(7-8-20-3)13-6-5-11(18)9-12(13)14(15,16)17/h5-6,9-10H,4,7-8,18H2,1-3H3. The van der Waals surface area contributed by atoms with Gasteiger partial charge in [-0.3, -0.25) is 0 Å². The maximum absolute atomic E-state index is 13.2. The van der Waals surface area contributed by atoms with Gasteiger partial charge in [-0.2, -0.15) is 13.2 Å². The summed E-state index contributed by atoms with van der Waals surface area (Å²) < 4.78 is 44.5. The molecule has 0 aliphatic rings. The zero-order valence-electron chi connectivity index (χ0n) is 12.0. The molecule has 3 nitrogen and oxygen atoms in total. The van der Waals surface area contributed by atoms with Crippen LogP contribution in [0.25, 0.3) is 0 Å². The van der Waals surface area contributed by atoms with E-state index in [1.165, 1.54) is 19.2 Å². The highest BCUT2D eigenvalue weighted by Crippen LogP contribution is 2.38. The predicted octanol–water partition coefficient (Wildman–Crippen LogP) is 3.54. The van der Waals surface area contributed by atoms with Crippen molar-refractivity contribution in [3.8, 4) is 0 Å². The molecule has 2 N–H and O–H groups in total. The SMILES string of the molecule is CCC(C)N(CCOC)c1ccc(N)cc1C(F)(F)F. The van der Waals surface area contributed by atoms with Crippen LogP contribution in [0.3, 0.4) is 0 Å². The molecule has 20 heavy (non-hydrogen) atoms. The normalized spacial score (nSPS) is 13.3. The van der Waals surface area contributed by atoms with Crippen LogP contribution in [0.5, 0.6) is 0 Å². The Bertz CT molecular complexity index is 435. The second-order valence-corrected chi connectivity index (χ2v) is 4.72. The number of methoxy groups -OCH3 is 1. The van der Waals surface area contributed by atoms with Gasteiger partial charge in [0.1, 0.15) is 0 Å². The Balaban J connectivity index is 3.24. The molecule has 0 spiro atoms. The highest BCUT2D eigenvalue weighted by atomic mass is 19.4. The molecule has 1 atom stereocenters. The molecule has 0 saturated heterocycles. The first-order valence-electron chi connectivity index (χ1n) is 6.53. The Kier molecular flexibility index (Phi) is 5.68. The molecule has 1 unspecified atom stereocenters. The average molecular weight is 290 g/mol. The maximum atomic E-state index is 13.2. The van der Waals surface area contributed by atoms with E-state index in [1.807, 2.05) is 13.8 Å². The van der Waals surface area contributed by atoms with E-state index in [0.29, 0.717) is 13.2 Å². The Hall–Kier alpha value is -1.43. The minimum atomic E-state index is -4.43. The van der Waals surface area contributed by atoms with Crippen LogP contribution in [0.15, 0.2) is 18.2 Å². The molecule has 0 bridgehead atoms. The second-order valence-electron chi connectivity index (χ2n) is 4.72. The van der Waals surface area contributed by atoms with Gasteiger partial charge in [0.25, 0.3) is 0 Å². The van der Waals surface area contributed by atoms with Gasteiger partial charge in [-0.05, 0) is 31.5 Å². The summed E-state index contributed by atoms with van der Waals surface area (Å²) in [5.74, 6) is 0. The molecule has 0 aromatic heterocycles. The smallest absolute Gasteiger partial charge is 0.399 e. The monoisotopic (exact) mass is 290 g/mol. The van der Waals surface area contributed by atoms with Crippen LogP contribution < -0.4 is 10.6 Å². The molecule has 0 heterocycles. The summed E-state index contributed by atoms with van der Waals surface area (Å²) in [6, 6.07) is 3.89. The fourth-order valence-electron chi connectivity index (χ4n) is 2.02. The lowest BCUT2D eigenvalue weighted by Gasteiger charge is -2.32. The third-order valence-electron chi connectivity index (χ3n) is 3.29. The number of nitrogens with two attached hydrogens (primary N) is 1. The highest BCUT2D eigenvalue weighted by molar-refractivity contribution is 5.61. The van der Waals surface area contributed by atoms with Gasteiger partial charge in [-0.25, -0.2) is 0 Å². The van der Waals surface area contributed by atoms with Crippen LogP contribution in [0.4, 0.5) is 24.5 Å². The molecule has 0 radical (unpaired) electrons. The Morgan fingerprint density at radius 1 is 1.35 bits per heavy atom. The second kappa shape index (κ2) is 6.83. The molecule has 1 aromatic carbocycles. The number of nitrogen functional groups attached to an aromatic ring is 1. The van der Waals surface area contributed by atoms with E-state index in [-0.39, 0.29) is 17.4 Å². The fourth-order valence-corrected chi connectivity index (χ4v) is 2.02. The third-order valence-corrected chi connectivity index (χ3v) is 3.29. The minimum Gasteiger partial charge on any atom is -0.399 e. The summed E-state index contributed by atoms with van der Waals surface area (Å²) in [4.78, 5) is 1.71. The van der Waals surface area contributed by atoms with Crippen molar-refractivity contribution in [1.82, 2.24) is 0 Å². The average Bonchev–Trinajstić information content (AvgIpc) is 2.38. The van der Waals surface area contributed by atoms with Crippen molar-refractivity contribution in [3.05, 3.63) is 23.8 Å². The van der Waals surface area contributed by atoms with E-state index in [1.54, 1.807) is 4.90 Å². The van der Waals surface area contributed by atoms with Gasteiger partial charge >= 0.3 is 6.18 Å². The molecular weight excluding hydrogens is 269 g/mol. The van der Waals surface area contributed by atoms with Crippen LogP contribution in [-0.4, -0.2) is 26.3 Å². The van der Waals surface area contributed by atoms with E-state index >= 15 is 0 Å². The van der Waals surface area contributed by atoms with Crippen LogP contribution in [0.1, 0.15) is 25.8 Å². The van der Waals surface area contributed by atoms with Crippen molar-refractivity contribution >= 4 is 11.4 Å². The summed E-state index contributed by atoms with van der Waals surface area (Å²) in [7, 11) is 1.53. The number of halogens is 3. The lowest BCUT2D eigenvalue weighted by molar-refractivity contribution is -0.137. The summed E-state index contributed by atoms with van der Waals surface area (Å²) in [5, 5.41) is 0. The number of ether oxygens (including phenoxy) is 1. The van der Waals surface area contributed by atoms with Crippen LogP contribution in [-0.2, 0) is 10.9 Å². The first-order chi connectivity index (χ1) is 9.31. The number of anilines is 2. The zero-order chi connectivity index (χ0) is 15.3. The van der Waals surface area contributed by atoms with E-state index < -0.39 is 11.7 Å². The van der Waals surface area contributed by atoms with E-state index in [2.05, 4.69) is 0 Å². The lowest BCUT2D eigenvalue weighted by Crippen LogP contribution is -2.36. The molecule has 0 aliphatic heterocycles. The molecule has 0 aliphatic carbocycles. The van der Waals surface area contributed by atoms with Gasteiger partial charge in [-0.15, -0.1) is 0 Å².